The molecule has 5 heterocycles. The molecule has 1 aliphatic carbocycles. The number of nitrogens with zero attached hydrogens (tertiary/aromatic N) is 4. The van der Waals surface area contributed by atoms with E-state index in [9.17, 15) is 4.79 Å². The van der Waals surface area contributed by atoms with Crippen LogP contribution in [0.15, 0.2) is 12.5 Å². The third-order valence-corrected chi connectivity index (χ3v) is 10.0. The average molecular weight is 521 g/mol. The van der Waals surface area contributed by atoms with Crippen molar-refractivity contribution < 1.29 is 9.90 Å². The lowest BCUT2D eigenvalue weighted by Gasteiger charge is -2.31. The van der Waals surface area contributed by atoms with Crippen molar-refractivity contribution in [3.05, 3.63) is 39.7 Å². The minimum Gasteiger partial charge on any atom is -0.395 e. The number of piperidine rings is 1. The normalized spacial score (nSPS) is 21.8. The zero-order valence-corrected chi connectivity index (χ0v) is 23.1. The number of aliphatic hydroxyl groups is 1. The first-order valence-corrected chi connectivity index (χ1v) is 14.2. The predicted molar refractivity (Wildman–Crippen MR) is 147 cm³/mol. The van der Waals surface area contributed by atoms with Crippen molar-refractivity contribution in [3.63, 3.8) is 0 Å². The summed E-state index contributed by atoms with van der Waals surface area (Å²) in [5.41, 5.74) is 8.53. The van der Waals surface area contributed by atoms with Crippen LogP contribution in [0.3, 0.4) is 0 Å². The number of rotatable bonds is 7. The number of nitrogens with one attached hydrogen (secondary N) is 2. The highest BCUT2D eigenvalue weighted by molar-refractivity contribution is 7.19. The Hall–Kier alpha value is -2.75. The van der Waals surface area contributed by atoms with E-state index in [0.717, 1.165) is 24.2 Å². The summed E-state index contributed by atoms with van der Waals surface area (Å²) in [7, 11) is 0. The number of thiophene rings is 1. The molecule has 4 aromatic rings. The van der Waals surface area contributed by atoms with Crippen LogP contribution in [0.5, 0.6) is 0 Å². The largest absolute Gasteiger partial charge is 0.395 e. The zero-order valence-electron chi connectivity index (χ0n) is 22.3. The number of aromatic nitrogens is 4. The molecule has 9 heteroatoms. The quantitative estimate of drug-likeness (QED) is 0.338. The summed E-state index contributed by atoms with van der Waals surface area (Å²) in [5.74, 6) is 1.55. The van der Waals surface area contributed by atoms with Gasteiger partial charge in [-0.05, 0) is 73.6 Å². The Morgan fingerprint density at radius 3 is 2.76 bits per heavy atom. The van der Waals surface area contributed by atoms with Crippen LogP contribution in [-0.4, -0.2) is 67.8 Å². The van der Waals surface area contributed by atoms with E-state index in [-0.39, 0.29) is 12.5 Å². The van der Waals surface area contributed by atoms with Gasteiger partial charge in [0.25, 0.3) is 0 Å². The van der Waals surface area contributed by atoms with Crippen molar-refractivity contribution >= 4 is 33.1 Å². The number of likely N-dealkylation sites (tertiary alicyclic amines) is 1. The number of H-pyrrole nitrogens is 1. The maximum absolute atomic E-state index is 12.2. The highest BCUT2D eigenvalue weighted by Crippen LogP contribution is 2.53. The van der Waals surface area contributed by atoms with E-state index in [1.807, 2.05) is 15.9 Å². The molecule has 1 saturated heterocycles. The number of pyridine rings is 1. The van der Waals surface area contributed by atoms with Gasteiger partial charge in [-0.3, -0.25) is 9.69 Å². The van der Waals surface area contributed by atoms with Gasteiger partial charge in [0.2, 0.25) is 5.91 Å². The maximum Gasteiger partial charge on any atom is 0.234 e. The van der Waals surface area contributed by atoms with E-state index in [4.69, 9.17) is 5.11 Å². The van der Waals surface area contributed by atoms with Gasteiger partial charge in [-0.2, -0.15) is 5.10 Å². The molecule has 37 heavy (non-hydrogen) atoms. The van der Waals surface area contributed by atoms with Gasteiger partial charge in [-0.15, -0.1) is 11.3 Å². The Kier molecular flexibility index (Phi) is 6.12. The van der Waals surface area contributed by atoms with Gasteiger partial charge >= 0.3 is 0 Å². The Morgan fingerprint density at radius 2 is 2.05 bits per heavy atom. The summed E-state index contributed by atoms with van der Waals surface area (Å²) in [4.78, 5) is 25.6. The van der Waals surface area contributed by atoms with Crippen LogP contribution in [0, 0.1) is 26.7 Å². The summed E-state index contributed by atoms with van der Waals surface area (Å²) < 4.78 is 1.89. The Bertz CT molecular complexity index is 1500. The Balaban J connectivity index is 1.33. The predicted octanol–water partition coefficient (Wildman–Crippen LogP) is 4.27. The van der Waals surface area contributed by atoms with Crippen molar-refractivity contribution in [2.75, 3.05) is 26.2 Å². The number of carbonyl (C=O) groups is 1. The molecule has 196 valence electrons. The molecule has 2 bridgehead atoms. The number of hydrogen-bond acceptors (Lipinski definition) is 6. The van der Waals surface area contributed by atoms with Gasteiger partial charge in [0.05, 0.1) is 18.8 Å². The van der Waals surface area contributed by atoms with Gasteiger partial charge in [0, 0.05) is 41.2 Å². The molecule has 2 fully saturated rings. The Morgan fingerprint density at radius 1 is 1.24 bits per heavy atom. The molecule has 3 N–H and O–H groups in total. The van der Waals surface area contributed by atoms with E-state index >= 15 is 0 Å². The second-order valence-electron chi connectivity index (χ2n) is 11.2. The minimum absolute atomic E-state index is 0.0149. The van der Waals surface area contributed by atoms with E-state index in [1.165, 1.54) is 49.5 Å². The summed E-state index contributed by atoms with van der Waals surface area (Å²) in [6.07, 6.45) is 6.02. The molecular weight excluding hydrogens is 484 g/mol. The zero-order chi connectivity index (χ0) is 26.0. The number of amides is 1. The number of carbonyl (C=O) groups excluding carboxylic acids is 1. The molecule has 6 rings (SSSR count). The van der Waals surface area contributed by atoms with Gasteiger partial charge in [0.1, 0.15) is 11.2 Å². The van der Waals surface area contributed by atoms with E-state index in [2.05, 4.69) is 66.1 Å². The van der Waals surface area contributed by atoms with Gasteiger partial charge < -0.3 is 15.4 Å². The average Bonchev–Trinajstić information content (AvgIpc) is 3.67. The summed E-state index contributed by atoms with van der Waals surface area (Å²) in [6.45, 7) is 12.9. The van der Waals surface area contributed by atoms with Crippen molar-refractivity contribution in [3.8, 4) is 11.3 Å². The van der Waals surface area contributed by atoms with Crippen molar-refractivity contribution in [1.82, 2.24) is 29.8 Å². The first kappa shape index (κ1) is 24.6. The van der Waals surface area contributed by atoms with Crippen molar-refractivity contribution in [1.29, 1.82) is 0 Å². The molecule has 3 atom stereocenters. The third-order valence-electron chi connectivity index (χ3n) is 8.71. The SMILES string of the molecule is Cc1c(-c2[nH]c3sc([C@@H]4CC5CC4CN5CC(=O)NCCO)c(C)c3c2C(C)C)cn2ncnc2c1C. The van der Waals surface area contributed by atoms with E-state index < -0.39 is 0 Å². The lowest BCUT2D eigenvalue weighted by atomic mass is 9.88. The van der Waals surface area contributed by atoms with Crippen LogP contribution >= 0.6 is 11.3 Å². The van der Waals surface area contributed by atoms with Crippen LogP contribution in [0.25, 0.3) is 27.1 Å². The smallest absolute Gasteiger partial charge is 0.234 e. The van der Waals surface area contributed by atoms with E-state index in [1.54, 1.807) is 6.33 Å². The van der Waals surface area contributed by atoms with Crippen molar-refractivity contribution in [2.45, 2.75) is 65.3 Å². The molecule has 8 nitrogen and oxygen atoms in total. The standard InChI is InChI=1S/C28H36N6O2S/c1-14(2)23-24-17(5)26(20-9-19-8-18(20)10-33(19)12-22(36)29-6-7-35)37-28(24)32-25(23)21-11-34-27(30-13-31-34)16(4)15(21)3/h11,13-14,18-20,32,35H,6-10,12H2,1-5H3,(H,29,36)/t18?,19?,20-/m1/s1. The van der Waals surface area contributed by atoms with Gasteiger partial charge in [0.15, 0.2) is 5.65 Å². The third kappa shape index (κ3) is 3.90. The first-order valence-electron chi connectivity index (χ1n) is 13.3. The van der Waals surface area contributed by atoms with Crippen LogP contribution in [0.4, 0.5) is 0 Å². The molecule has 2 unspecified atom stereocenters. The lowest BCUT2D eigenvalue weighted by Crippen LogP contribution is -2.42. The molecular formula is C28H36N6O2S. The fraction of sp³-hybridized carbons (Fsp3) is 0.536. The Labute approximate surface area is 221 Å². The molecule has 2 aliphatic rings. The van der Waals surface area contributed by atoms with Gasteiger partial charge in [-0.1, -0.05) is 13.8 Å². The fourth-order valence-electron chi connectivity index (χ4n) is 6.84. The number of hydrogen-bond donors (Lipinski definition) is 3. The van der Waals surface area contributed by atoms with Crippen LogP contribution in [0.2, 0.25) is 0 Å². The number of aliphatic hydroxyl groups excluding tert-OH is 1. The summed E-state index contributed by atoms with van der Waals surface area (Å²) in [6, 6.07) is 0.467. The molecule has 0 radical (unpaired) electrons. The second-order valence-corrected chi connectivity index (χ2v) is 12.2. The number of aromatic amines is 1. The number of aryl methyl sites for hydroxylation is 2. The monoisotopic (exact) mass is 520 g/mol. The lowest BCUT2D eigenvalue weighted by molar-refractivity contribution is -0.122. The molecule has 1 amide bonds. The second kappa shape index (κ2) is 9.22. The van der Waals surface area contributed by atoms with Gasteiger partial charge in [-0.25, -0.2) is 9.50 Å². The topological polar surface area (TPSA) is 98.5 Å². The molecule has 1 saturated carbocycles. The fourth-order valence-corrected chi connectivity index (χ4v) is 8.28. The molecule has 0 spiro atoms. The van der Waals surface area contributed by atoms with Crippen molar-refractivity contribution in [2.24, 2.45) is 5.92 Å². The maximum atomic E-state index is 12.2. The minimum atomic E-state index is -0.0149. The first-order chi connectivity index (χ1) is 17.8. The highest BCUT2D eigenvalue weighted by Gasteiger charge is 2.46. The molecule has 1 aliphatic heterocycles. The molecule has 4 aromatic heterocycles. The number of fused-ring (bicyclic) bond motifs is 4. The summed E-state index contributed by atoms with van der Waals surface area (Å²) >= 11 is 1.93. The van der Waals surface area contributed by atoms with Crippen LogP contribution < -0.4 is 5.32 Å². The molecule has 0 aromatic carbocycles. The highest BCUT2D eigenvalue weighted by atomic mass is 32.1. The van der Waals surface area contributed by atoms with E-state index in [0.29, 0.717) is 36.9 Å². The summed E-state index contributed by atoms with van der Waals surface area (Å²) in [5, 5.41) is 17.6. The van der Waals surface area contributed by atoms with Crippen LogP contribution in [0.1, 0.15) is 65.7 Å². The van der Waals surface area contributed by atoms with Crippen LogP contribution in [-0.2, 0) is 4.79 Å².